The molecule has 1 unspecified atom stereocenters. The van der Waals surface area contributed by atoms with E-state index in [1.807, 2.05) is 32.0 Å². The van der Waals surface area contributed by atoms with Gasteiger partial charge in [0.2, 0.25) is 0 Å². The summed E-state index contributed by atoms with van der Waals surface area (Å²) in [4.78, 5) is 30.8. The number of carbonyl (C=O) groups is 2. The first-order chi connectivity index (χ1) is 20.0. The molecule has 4 rings (SSSR count). The number of aliphatic hydroxyl groups excluding tert-OH is 1. The van der Waals surface area contributed by atoms with Crippen molar-refractivity contribution in [3.8, 4) is 17.2 Å². The molecule has 0 bridgehead atoms. The summed E-state index contributed by atoms with van der Waals surface area (Å²) in [6.07, 6.45) is 2.61. The van der Waals surface area contributed by atoms with Crippen molar-refractivity contribution >= 4 is 17.4 Å². The molecule has 0 spiro atoms. The van der Waals surface area contributed by atoms with E-state index in [0.29, 0.717) is 74.4 Å². The zero-order valence-electron chi connectivity index (χ0n) is 24.4. The summed E-state index contributed by atoms with van der Waals surface area (Å²) < 4.78 is 22.8. The molecule has 1 atom stereocenters. The second kappa shape index (κ2) is 14.9. The highest BCUT2D eigenvalue weighted by molar-refractivity contribution is 6.46. The van der Waals surface area contributed by atoms with Crippen molar-refractivity contribution in [2.75, 3.05) is 59.2 Å². The van der Waals surface area contributed by atoms with Gasteiger partial charge in [0.25, 0.3) is 11.7 Å². The molecule has 9 heteroatoms. The molecule has 0 aromatic heterocycles. The number of likely N-dealkylation sites (tertiary alicyclic amines) is 1. The lowest BCUT2D eigenvalue weighted by atomic mass is 9.95. The fraction of sp³-hybridized carbons (Fsp3) is 0.500. The molecule has 0 saturated carbocycles. The molecular weight excluding hydrogens is 524 g/mol. The molecule has 2 saturated heterocycles. The average molecular weight is 567 g/mol. The number of benzene rings is 2. The van der Waals surface area contributed by atoms with Gasteiger partial charge in [-0.05, 0) is 68.7 Å². The number of morpholine rings is 1. The first-order valence-electron chi connectivity index (χ1n) is 14.7. The summed E-state index contributed by atoms with van der Waals surface area (Å²) in [6.45, 7) is 11.6. The van der Waals surface area contributed by atoms with Crippen LogP contribution < -0.4 is 14.2 Å². The van der Waals surface area contributed by atoms with Crippen LogP contribution in [0, 0.1) is 0 Å². The van der Waals surface area contributed by atoms with Gasteiger partial charge in [-0.3, -0.25) is 14.5 Å². The van der Waals surface area contributed by atoms with Crippen molar-refractivity contribution in [2.45, 2.75) is 46.1 Å². The summed E-state index contributed by atoms with van der Waals surface area (Å²) in [5.41, 5.74) is 1.18. The number of amides is 1. The quantitative estimate of drug-likeness (QED) is 0.151. The van der Waals surface area contributed by atoms with Crippen LogP contribution in [0.4, 0.5) is 0 Å². The average Bonchev–Trinajstić information content (AvgIpc) is 3.24. The number of ether oxygens (including phenoxy) is 4. The van der Waals surface area contributed by atoms with E-state index in [1.165, 1.54) is 0 Å². The number of Topliss-reactive ketones (excluding diaryl/α,β-unsaturated/α-hetero) is 1. The maximum Gasteiger partial charge on any atom is 0.295 e. The topological polar surface area (TPSA) is 97.8 Å². The molecule has 2 fully saturated rings. The number of rotatable bonds is 14. The van der Waals surface area contributed by atoms with Crippen molar-refractivity contribution in [1.29, 1.82) is 0 Å². The largest absolute Gasteiger partial charge is 0.507 e. The van der Waals surface area contributed by atoms with E-state index in [1.54, 1.807) is 29.2 Å². The van der Waals surface area contributed by atoms with Crippen LogP contribution in [0.5, 0.6) is 17.2 Å². The molecule has 1 amide bonds. The Balaban J connectivity index is 1.70. The highest BCUT2D eigenvalue weighted by Gasteiger charge is 2.46. The number of ketones is 1. The van der Waals surface area contributed by atoms with Crippen LogP contribution in [-0.2, 0) is 14.3 Å². The summed E-state index contributed by atoms with van der Waals surface area (Å²) in [5, 5.41) is 11.4. The Morgan fingerprint density at radius 1 is 0.902 bits per heavy atom. The Morgan fingerprint density at radius 2 is 1.63 bits per heavy atom. The molecule has 41 heavy (non-hydrogen) atoms. The minimum atomic E-state index is -0.768. The van der Waals surface area contributed by atoms with E-state index in [9.17, 15) is 14.7 Å². The lowest BCUT2D eigenvalue weighted by molar-refractivity contribution is -0.140. The highest BCUT2D eigenvalue weighted by Crippen LogP contribution is 2.42. The summed E-state index contributed by atoms with van der Waals surface area (Å²) in [6, 6.07) is 11.6. The monoisotopic (exact) mass is 566 g/mol. The van der Waals surface area contributed by atoms with Crippen LogP contribution in [0.3, 0.4) is 0 Å². The molecule has 9 nitrogen and oxygen atoms in total. The van der Waals surface area contributed by atoms with Gasteiger partial charge in [0.05, 0.1) is 44.6 Å². The third-order valence-corrected chi connectivity index (χ3v) is 7.29. The molecular formula is C32H42N2O7. The van der Waals surface area contributed by atoms with Crippen molar-refractivity contribution in [2.24, 2.45) is 0 Å². The van der Waals surface area contributed by atoms with E-state index in [-0.39, 0.29) is 11.3 Å². The molecule has 1 N–H and O–H groups in total. The predicted molar refractivity (Wildman–Crippen MR) is 157 cm³/mol. The fourth-order valence-electron chi connectivity index (χ4n) is 5.19. The molecule has 2 aliphatic rings. The van der Waals surface area contributed by atoms with Gasteiger partial charge in [0, 0.05) is 31.7 Å². The summed E-state index contributed by atoms with van der Waals surface area (Å²) in [7, 11) is 0. The SMILES string of the molecule is CCCCOc1ccc(C2/C(=C(\O)c3ccc(OCC)cc3)C(=O)C(=O)N2CCCN2CCOCC2)cc1OCC. The lowest BCUT2D eigenvalue weighted by Crippen LogP contribution is -2.39. The van der Waals surface area contributed by atoms with Crippen LogP contribution in [0.1, 0.15) is 57.2 Å². The summed E-state index contributed by atoms with van der Waals surface area (Å²) in [5.74, 6) is 0.276. The van der Waals surface area contributed by atoms with Crippen molar-refractivity contribution in [3.05, 3.63) is 59.2 Å². The van der Waals surface area contributed by atoms with Crippen LogP contribution in [0.15, 0.2) is 48.0 Å². The van der Waals surface area contributed by atoms with Gasteiger partial charge in [0.1, 0.15) is 11.5 Å². The molecule has 2 aliphatic heterocycles. The third-order valence-electron chi connectivity index (χ3n) is 7.29. The van der Waals surface area contributed by atoms with Crippen LogP contribution in [0.25, 0.3) is 5.76 Å². The first kappa shape index (κ1) is 30.4. The zero-order valence-corrected chi connectivity index (χ0v) is 24.4. The number of nitrogens with zero attached hydrogens (tertiary/aromatic N) is 2. The third kappa shape index (κ3) is 7.40. The van der Waals surface area contributed by atoms with Crippen LogP contribution >= 0.6 is 0 Å². The number of hydrogen-bond acceptors (Lipinski definition) is 8. The van der Waals surface area contributed by atoms with E-state index in [4.69, 9.17) is 18.9 Å². The van der Waals surface area contributed by atoms with E-state index < -0.39 is 17.7 Å². The first-order valence-corrected chi connectivity index (χ1v) is 14.7. The second-order valence-electron chi connectivity index (χ2n) is 10.1. The van der Waals surface area contributed by atoms with Gasteiger partial charge in [0.15, 0.2) is 11.5 Å². The molecule has 2 heterocycles. The van der Waals surface area contributed by atoms with Gasteiger partial charge >= 0.3 is 0 Å². The Bertz CT molecular complexity index is 1210. The van der Waals surface area contributed by atoms with Gasteiger partial charge in [-0.2, -0.15) is 0 Å². The second-order valence-corrected chi connectivity index (χ2v) is 10.1. The molecule has 2 aromatic rings. The van der Waals surface area contributed by atoms with Crippen molar-refractivity contribution in [3.63, 3.8) is 0 Å². The van der Waals surface area contributed by atoms with Gasteiger partial charge in [-0.25, -0.2) is 0 Å². The maximum atomic E-state index is 13.5. The smallest absolute Gasteiger partial charge is 0.295 e. The minimum absolute atomic E-state index is 0.0626. The number of unbranched alkanes of at least 4 members (excludes halogenated alkanes) is 1. The Morgan fingerprint density at radius 3 is 2.32 bits per heavy atom. The van der Waals surface area contributed by atoms with Crippen LogP contribution in [-0.4, -0.2) is 85.8 Å². The standard InChI is InChI=1S/C32H42N2O7/c1-4-7-19-41-26-14-11-24(22-27(26)40-6-3)29-28(30(35)23-9-12-25(13-10-23)39-5-2)31(36)32(37)34(29)16-8-15-33-17-20-38-21-18-33/h9-14,22,29,35H,4-8,15-21H2,1-3H3/b30-28+. The normalized spacial score (nSPS) is 19.0. The zero-order chi connectivity index (χ0) is 29.2. The Labute approximate surface area is 242 Å². The van der Waals surface area contributed by atoms with Gasteiger partial charge < -0.3 is 29.0 Å². The van der Waals surface area contributed by atoms with E-state index in [0.717, 1.165) is 32.5 Å². The minimum Gasteiger partial charge on any atom is -0.507 e. The predicted octanol–water partition coefficient (Wildman–Crippen LogP) is 4.81. The number of hydrogen-bond donors (Lipinski definition) is 1. The number of carbonyl (C=O) groups excluding carboxylic acids is 2. The molecule has 0 aliphatic carbocycles. The Kier molecular flexibility index (Phi) is 11.0. The highest BCUT2D eigenvalue weighted by atomic mass is 16.5. The van der Waals surface area contributed by atoms with E-state index in [2.05, 4.69) is 11.8 Å². The molecule has 222 valence electrons. The van der Waals surface area contributed by atoms with Gasteiger partial charge in [-0.1, -0.05) is 19.4 Å². The lowest BCUT2D eigenvalue weighted by Gasteiger charge is -2.29. The maximum absolute atomic E-state index is 13.5. The van der Waals surface area contributed by atoms with E-state index >= 15 is 0 Å². The summed E-state index contributed by atoms with van der Waals surface area (Å²) >= 11 is 0. The number of aliphatic hydroxyl groups is 1. The van der Waals surface area contributed by atoms with Crippen molar-refractivity contribution < 1.29 is 33.6 Å². The molecule has 2 aromatic carbocycles. The van der Waals surface area contributed by atoms with Gasteiger partial charge in [-0.15, -0.1) is 0 Å². The van der Waals surface area contributed by atoms with Crippen molar-refractivity contribution in [1.82, 2.24) is 9.80 Å². The Hall–Kier alpha value is -3.56. The molecule has 0 radical (unpaired) electrons. The van der Waals surface area contributed by atoms with Crippen LogP contribution in [0.2, 0.25) is 0 Å². The fourth-order valence-corrected chi connectivity index (χ4v) is 5.19.